The minimum atomic E-state index is -0.801. The van der Waals surface area contributed by atoms with Crippen LogP contribution >= 0.6 is 0 Å². The predicted molar refractivity (Wildman–Crippen MR) is 66.3 cm³/mol. The molecule has 0 bridgehead atoms. The summed E-state index contributed by atoms with van der Waals surface area (Å²) in [7, 11) is 0. The fraction of sp³-hybridized carbons (Fsp3) is 0.833. The maximum Gasteiger partial charge on any atom is 0.303 e. The summed E-state index contributed by atoms with van der Waals surface area (Å²) in [4.78, 5) is 24.5. The van der Waals surface area contributed by atoms with Gasteiger partial charge in [-0.1, -0.05) is 0 Å². The van der Waals surface area contributed by atoms with Crippen molar-refractivity contribution in [1.82, 2.24) is 10.2 Å². The fourth-order valence-electron chi connectivity index (χ4n) is 2.16. The second kappa shape index (κ2) is 7.33. The van der Waals surface area contributed by atoms with Gasteiger partial charge < -0.3 is 15.2 Å². The minimum Gasteiger partial charge on any atom is -0.481 e. The number of amides is 1. The maximum absolute atomic E-state index is 11.9. The van der Waals surface area contributed by atoms with Crippen LogP contribution in [0.25, 0.3) is 0 Å². The Morgan fingerprint density at radius 3 is 2.89 bits per heavy atom. The van der Waals surface area contributed by atoms with Crippen LogP contribution in [-0.4, -0.2) is 60.3 Å². The zero-order valence-electron chi connectivity index (χ0n) is 11.0. The molecule has 0 spiro atoms. The Bertz CT molecular complexity index is 296. The zero-order chi connectivity index (χ0) is 13.5. The van der Waals surface area contributed by atoms with Crippen molar-refractivity contribution in [3.8, 4) is 0 Å². The molecular weight excluding hydrogens is 236 g/mol. The number of rotatable bonds is 6. The molecular formula is C12H22N2O4. The van der Waals surface area contributed by atoms with Crippen LogP contribution in [-0.2, 0) is 14.3 Å². The normalized spacial score (nSPS) is 22.4. The van der Waals surface area contributed by atoms with Crippen molar-refractivity contribution >= 4 is 11.9 Å². The Morgan fingerprint density at radius 1 is 1.56 bits per heavy atom. The van der Waals surface area contributed by atoms with E-state index in [0.29, 0.717) is 32.7 Å². The van der Waals surface area contributed by atoms with Crippen LogP contribution in [0.5, 0.6) is 0 Å². The Kier molecular flexibility index (Phi) is 6.07. The molecule has 0 aromatic carbocycles. The Labute approximate surface area is 107 Å². The maximum atomic E-state index is 11.9. The van der Waals surface area contributed by atoms with Gasteiger partial charge >= 0.3 is 5.97 Å². The van der Waals surface area contributed by atoms with Crippen LogP contribution in [0.2, 0.25) is 0 Å². The van der Waals surface area contributed by atoms with Crippen LogP contribution in [0, 0.1) is 0 Å². The van der Waals surface area contributed by atoms with Gasteiger partial charge in [0.25, 0.3) is 0 Å². The van der Waals surface area contributed by atoms with E-state index in [2.05, 4.69) is 5.32 Å². The van der Waals surface area contributed by atoms with Gasteiger partial charge in [-0.2, -0.15) is 0 Å². The molecule has 1 aliphatic rings. The van der Waals surface area contributed by atoms with Gasteiger partial charge in [-0.05, 0) is 20.3 Å². The molecule has 1 rings (SSSR count). The van der Waals surface area contributed by atoms with Crippen molar-refractivity contribution in [2.45, 2.75) is 38.8 Å². The van der Waals surface area contributed by atoms with Crippen LogP contribution in [0.1, 0.15) is 26.7 Å². The third kappa shape index (κ3) is 4.27. The molecule has 18 heavy (non-hydrogen) atoms. The number of likely N-dealkylation sites (N-methyl/N-ethyl adjacent to an activating group) is 1. The summed E-state index contributed by atoms with van der Waals surface area (Å²) in [6.45, 7) is 6.06. The summed E-state index contributed by atoms with van der Waals surface area (Å²) in [6.07, 6.45) is 0.672. The van der Waals surface area contributed by atoms with E-state index in [1.54, 1.807) is 0 Å². The van der Waals surface area contributed by atoms with E-state index < -0.39 is 5.97 Å². The molecule has 1 fully saturated rings. The summed E-state index contributed by atoms with van der Waals surface area (Å²) in [5.41, 5.74) is 0. The van der Waals surface area contributed by atoms with Crippen molar-refractivity contribution in [3.63, 3.8) is 0 Å². The SMILES string of the molecule is CCNC(=O)C1COCCN1C(C)CCC(=O)O. The van der Waals surface area contributed by atoms with Gasteiger partial charge in [0.2, 0.25) is 5.91 Å². The summed E-state index contributed by atoms with van der Waals surface area (Å²) in [5.74, 6) is -0.843. The summed E-state index contributed by atoms with van der Waals surface area (Å²) >= 11 is 0. The van der Waals surface area contributed by atoms with Crippen LogP contribution in [0.15, 0.2) is 0 Å². The molecule has 1 heterocycles. The lowest BCUT2D eigenvalue weighted by Gasteiger charge is -2.38. The molecule has 1 aliphatic heterocycles. The molecule has 2 N–H and O–H groups in total. The van der Waals surface area contributed by atoms with Crippen molar-refractivity contribution in [3.05, 3.63) is 0 Å². The van der Waals surface area contributed by atoms with Crippen molar-refractivity contribution in [2.24, 2.45) is 0 Å². The molecule has 0 aliphatic carbocycles. The number of ether oxygens (including phenoxy) is 1. The number of hydrogen-bond acceptors (Lipinski definition) is 4. The quantitative estimate of drug-likeness (QED) is 0.705. The molecule has 2 atom stereocenters. The highest BCUT2D eigenvalue weighted by Gasteiger charge is 2.32. The molecule has 6 nitrogen and oxygen atoms in total. The number of carboxylic acids is 1. The standard InChI is InChI=1S/C12H22N2O4/c1-3-13-12(17)10-8-18-7-6-14(10)9(2)4-5-11(15)16/h9-10H,3-8H2,1-2H3,(H,13,17)(H,15,16). The smallest absolute Gasteiger partial charge is 0.303 e. The van der Waals surface area contributed by atoms with E-state index in [4.69, 9.17) is 9.84 Å². The molecule has 1 amide bonds. The van der Waals surface area contributed by atoms with Gasteiger partial charge in [0.15, 0.2) is 0 Å². The number of aliphatic carboxylic acids is 1. The van der Waals surface area contributed by atoms with Crippen molar-refractivity contribution in [2.75, 3.05) is 26.3 Å². The number of nitrogens with zero attached hydrogens (tertiary/aromatic N) is 1. The third-order valence-corrected chi connectivity index (χ3v) is 3.17. The Morgan fingerprint density at radius 2 is 2.28 bits per heavy atom. The zero-order valence-corrected chi connectivity index (χ0v) is 11.0. The molecule has 0 radical (unpaired) electrons. The summed E-state index contributed by atoms with van der Waals surface area (Å²) in [5, 5.41) is 11.5. The first-order chi connectivity index (χ1) is 8.56. The van der Waals surface area contributed by atoms with Gasteiger partial charge in [0.1, 0.15) is 6.04 Å². The topological polar surface area (TPSA) is 78.9 Å². The average Bonchev–Trinajstić information content (AvgIpc) is 2.36. The van der Waals surface area contributed by atoms with E-state index in [0.717, 1.165) is 0 Å². The molecule has 104 valence electrons. The lowest BCUT2D eigenvalue weighted by Crippen LogP contribution is -2.56. The number of carbonyl (C=O) groups is 2. The van der Waals surface area contributed by atoms with E-state index in [9.17, 15) is 9.59 Å². The molecule has 6 heteroatoms. The number of hydrogen-bond donors (Lipinski definition) is 2. The third-order valence-electron chi connectivity index (χ3n) is 3.17. The first-order valence-electron chi connectivity index (χ1n) is 6.39. The van der Waals surface area contributed by atoms with Gasteiger partial charge in [-0.3, -0.25) is 14.5 Å². The first kappa shape index (κ1) is 14.9. The van der Waals surface area contributed by atoms with Gasteiger partial charge in [0.05, 0.1) is 13.2 Å². The van der Waals surface area contributed by atoms with E-state index in [1.165, 1.54) is 0 Å². The van der Waals surface area contributed by atoms with Gasteiger partial charge in [-0.25, -0.2) is 0 Å². The molecule has 2 unspecified atom stereocenters. The van der Waals surface area contributed by atoms with E-state index in [-0.39, 0.29) is 24.4 Å². The highest BCUT2D eigenvalue weighted by molar-refractivity contribution is 5.82. The summed E-state index contributed by atoms with van der Waals surface area (Å²) in [6, 6.07) is -0.236. The first-order valence-corrected chi connectivity index (χ1v) is 6.39. The molecule has 1 saturated heterocycles. The second-order valence-electron chi connectivity index (χ2n) is 4.50. The number of nitrogens with one attached hydrogen (secondary N) is 1. The lowest BCUT2D eigenvalue weighted by atomic mass is 10.1. The lowest BCUT2D eigenvalue weighted by molar-refractivity contribution is -0.138. The molecule has 0 aromatic rings. The van der Waals surface area contributed by atoms with Crippen LogP contribution in [0.3, 0.4) is 0 Å². The Hall–Kier alpha value is -1.14. The number of carbonyl (C=O) groups excluding carboxylic acids is 1. The largest absolute Gasteiger partial charge is 0.481 e. The van der Waals surface area contributed by atoms with Crippen LogP contribution in [0.4, 0.5) is 0 Å². The minimum absolute atomic E-state index is 0.0422. The van der Waals surface area contributed by atoms with Gasteiger partial charge in [0, 0.05) is 25.6 Å². The highest BCUT2D eigenvalue weighted by Crippen LogP contribution is 2.15. The van der Waals surface area contributed by atoms with Crippen LogP contribution < -0.4 is 5.32 Å². The average molecular weight is 258 g/mol. The molecule has 0 saturated carbocycles. The van der Waals surface area contributed by atoms with Crippen molar-refractivity contribution < 1.29 is 19.4 Å². The van der Waals surface area contributed by atoms with Crippen molar-refractivity contribution in [1.29, 1.82) is 0 Å². The predicted octanol–water partition coefficient (Wildman–Crippen LogP) is 0.0766. The summed E-state index contributed by atoms with van der Waals surface area (Å²) < 4.78 is 5.34. The fourth-order valence-corrected chi connectivity index (χ4v) is 2.16. The monoisotopic (exact) mass is 258 g/mol. The van der Waals surface area contributed by atoms with E-state index in [1.807, 2.05) is 18.7 Å². The number of morpholine rings is 1. The number of carboxylic acid groups (broad SMARTS) is 1. The van der Waals surface area contributed by atoms with E-state index >= 15 is 0 Å². The highest BCUT2D eigenvalue weighted by atomic mass is 16.5. The molecule has 0 aromatic heterocycles. The Balaban J connectivity index is 2.57. The second-order valence-corrected chi connectivity index (χ2v) is 4.50. The van der Waals surface area contributed by atoms with Gasteiger partial charge in [-0.15, -0.1) is 0 Å².